The van der Waals surface area contributed by atoms with Crippen molar-refractivity contribution in [3.05, 3.63) is 30.0 Å². The number of aryl methyl sites for hydroxylation is 1. The van der Waals surface area contributed by atoms with E-state index in [1.165, 1.54) is 0 Å². The first kappa shape index (κ1) is 23.8. The van der Waals surface area contributed by atoms with Crippen molar-refractivity contribution in [3.8, 4) is 0 Å². The number of benzene rings is 1. The third-order valence-corrected chi connectivity index (χ3v) is 9.73. The Morgan fingerprint density at radius 2 is 1.76 bits per heavy atom. The Morgan fingerprint density at radius 3 is 2.38 bits per heavy atom. The van der Waals surface area contributed by atoms with E-state index in [1.54, 1.807) is 12.1 Å². The fourth-order valence-electron chi connectivity index (χ4n) is 4.49. The fraction of sp³-hybridized carbons (Fsp3) is 0.625. The summed E-state index contributed by atoms with van der Waals surface area (Å²) in [5, 5.41) is 7.64. The standard InChI is InChI=1S/C24H34BN3O5S/c1-16-14-21(27-28(16)22-8-6-7-13-31-22)26-17-9-12-19(20(15-17)34(29,30)18-10-11-18)25-32-23(2,3)24(4,5)33-25/h9,12,14-15,18,22H,6-8,10-11,13H2,1-5H3,(H,26,27). The molecule has 3 heterocycles. The number of nitrogens with one attached hydrogen (secondary N) is 1. The average Bonchev–Trinajstić information content (AvgIpc) is 3.53. The number of hydrogen-bond donors (Lipinski definition) is 1. The van der Waals surface area contributed by atoms with E-state index < -0.39 is 28.2 Å². The van der Waals surface area contributed by atoms with Gasteiger partial charge in [0.05, 0.1) is 21.3 Å². The molecule has 10 heteroatoms. The molecule has 3 fully saturated rings. The van der Waals surface area contributed by atoms with Crippen molar-refractivity contribution < 1.29 is 22.5 Å². The summed E-state index contributed by atoms with van der Waals surface area (Å²) >= 11 is 0. The van der Waals surface area contributed by atoms with E-state index in [2.05, 4.69) is 10.4 Å². The summed E-state index contributed by atoms with van der Waals surface area (Å²) in [7, 11) is -4.23. The normalized spacial score (nSPS) is 24.4. The molecule has 1 unspecified atom stereocenters. The minimum Gasteiger partial charge on any atom is -0.399 e. The molecule has 2 aliphatic heterocycles. The second kappa shape index (κ2) is 8.36. The molecule has 8 nitrogen and oxygen atoms in total. The number of hydrogen-bond acceptors (Lipinski definition) is 7. The van der Waals surface area contributed by atoms with Crippen LogP contribution in [0.5, 0.6) is 0 Å². The zero-order valence-electron chi connectivity index (χ0n) is 20.6. The number of rotatable bonds is 6. The van der Waals surface area contributed by atoms with Crippen molar-refractivity contribution in [1.29, 1.82) is 0 Å². The second-order valence-corrected chi connectivity index (χ2v) is 12.8. The lowest BCUT2D eigenvalue weighted by Crippen LogP contribution is -2.41. The third kappa shape index (κ3) is 4.30. The van der Waals surface area contributed by atoms with Crippen LogP contribution in [0.1, 0.15) is 71.7 Å². The van der Waals surface area contributed by atoms with E-state index >= 15 is 0 Å². The van der Waals surface area contributed by atoms with E-state index in [4.69, 9.17) is 14.0 Å². The van der Waals surface area contributed by atoms with Gasteiger partial charge in [0, 0.05) is 29.5 Å². The van der Waals surface area contributed by atoms with Crippen LogP contribution in [-0.2, 0) is 23.9 Å². The smallest absolute Gasteiger partial charge is 0.399 e. The molecule has 184 valence electrons. The van der Waals surface area contributed by atoms with Gasteiger partial charge in [-0.1, -0.05) is 6.07 Å². The summed E-state index contributed by atoms with van der Waals surface area (Å²) in [5.74, 6) is 0.657. The SMILES string of the molecule is Cc1cc(Nc2ccc(B3OC(C)(C)C(C)(C)O3)c(S(=O)(=O)C3CC3)c2)nn1C1CCCCO1. The van der Waals surface area contributed by atoms with Crippen molar-refractivity contribution in [1.82, 2.24) is 9.78 Å². The Hall–Kier alpha value is -1.88. The van der Waals surface area contributed by atoms with Crippen molar-refractivity contribution >= 4 is 33.9 Å². The molecule has 34 heavy (non-hydrogen) atoms. The Labute approximate surface area is 202 Å². The Kier molecular flexibility index (Phi) is 5.86. The van der Waals surface area contributed by atoms with Gasteiger partial charge in [-0.25, -0.2) is 13.1 Å². The van der Waals surface area contributed by atoms with E-state index in [9.17, 15) is 8.42 Å². The third-order valence-electron chi connectivity index (χ3n) is 7.41. The summed E-state index contributed by atoms with van der Waals surface area (Å²) in [5.41, 5.74) is 1.10. The molecule has 1 N–H and O–H groups in total. The molecule has 2 aromatic rings. The zero-order valence-corrected chi connectivity index (χ0v) is 21.4. The van der Waals surface area contributed by atoms with Crippen LogP contribution in [0.2, 0.25) is 0 Å². The molecular formula is C24H34BN3O5S. The van der Waals surface area contributed by atoms with Crippen LogP contribution in [0.15, 0.2) is 29.2 Å². The topological polar surface area (TPSA) is 91.7 Å². The largest absolute Gasteiger partial charge is 0.496 e. The lowest BCUT2D eigenvalue weighted by molar-refractivity contribution is -0.0404. The lowest BCUT2D eigenvalue weighted by Gasteiger charge is -2.32. The summed E-state index contributed by atoms with van der Waals surface area (Å²) < 4.78 is 46.9. The van der Waals surface area contributed by atoms with Gasteiger partial charge in [-0.2, -0.15) is 5.10 Å². The summed E-state index contributed by atoms with van der Waals surface area (Å²) in [6, 6.07) is 7.31. The highest BCUT2D eigenvalue weighted by atomic mass is 32.2. The molecule has 1 aromatic heterocycles. The molecule has 1 aromatic carbocycles. The Bertz CT molecular complexity index is 1170. The highest BCUT2D eigenvalue weighted by molar-refractivity contribution is 7.92. The minimum atomic E-state index is -3.49. The van der Waals surface area contributed by atoms with Crippen LogP contribution in [0.3, 0.4) is 0 Å². The molecule has 1 atom stereocenters. The number of aromatic nitrogens is 2. The van der Waals surface area contributed by atoms with E-state index in [0.29, 0.717) is 29.8 Å². The highest BCUT2D eigenvalue weighted by Gasteiger charge is 2.53. The Balaban J connectivity index is 1.46. The van der Waals surface area contributed by atoms with Gasteiger partial charge in [0.25, 0.3) is 0 Å². The maximum Gasteiger partial charge on any atom is 0.496 e. The summed E-state index contributed by atoms with van der Waals surface area (Å²) in [4.78, 5) is 0.269. The van der Waals surface area contributed by atoms with Crippen LogP contribution in [0.25, 0.3) is 0 Å². The van der Waals surface area contributed by atoms with Crippen molar-refractivity contribution in [2.24, 2.45) is 0 Å². The number of anilines is 2. The predicted molar refractivity (Wildman–Crippen MR) is 131 cm³/mol. The minimum absolute atomic E-state index is 0.0548. The number of nitrogens with zero attached hydrogens (tertiary/aromatic N) is 2. The van der Waals surface area contributed by atoms with Gasteiger partial charge in [-0.15, -0.1) is 0 Å². The van der Waals surface area contributed by atoms with Crippen molar-refractivity contribution in [2.75, 3.05) is 11.9 Å². The van der Waals surface area contributed by atoms with Gasteiger partial charge in [0.2, 0.25) is 0 Å². The lowest BCUT2D eigenvalue weighted by atomic mass is 9.79. The maximum atomic E-state index is 13.4. The molecule has 0 radical (unpaired) electrons. The first-order valence-electron chi connectivity index (χ1n) is 12.2. The van der Waals surface area contributed by atoms with Gasteiger partial charge >= 0.3 is 7.12 Å². The number of sulfone groups is 1. The van der Waals surface area contributed by atoms with E-state index in [0.717, 1.165) is 31.6 Å². The molecule has 2 saturated heterocycles. The quantitative estimate of drug-likeness (QED) is 0.619. The molecular weight excluding hydrogens is 453 g/mol. The van der Waals surface area contributed by atoms with E-state index in [-0.39, 0.29) is 16.4 Å². The summed E-state index contributed by atoms with van der Waals surface area (Å²) in [6.07, 6.45) is 4.46. The van der Waals surface area contributed by atoms with Gasteiger partial charge < -0.3 is 19.4 Å². The van der Waals surface area contributed by atoms with Crippen molar-refractivity contribution in [2.45, 2.75) is 94.3 Å². The fourth-order valence-corrected chi connectivity index (χ4v) is 6.39. The molecule has 0 spiro atoms. The zero-order chi connectivity index (χ0) is 24.3. The molecule has 3 aliphatic rings. The van der Waals surface area contributed by atoms with Gasteiger partial charge in [0.15, 0.2) is 21.9 Å². The maximum absolute atomic E-state index is 13.4. The van der Waals surface area contributed by atoms with Crippen LogP contribution < -0.4 is 10.8 Å². The molecule has 0 amide bonds. The molecule has 0 bridgehead atoms. The second-order valence-electron chi connectivity index (χ2n) is 10.6. The predicted octanol–water partition coefficient (Wildman–Crippen LogP) is 3.87. The number of ether oxygens (including phenoxy) is 1. The molecule has 5 rings (SSSR count). The van der Waals surface area contributed by atoms with Crippen LogP contribution >= 0.6 is 0 Å². The first-order valence-corrected chi connectivity index (χ1v) is 13.7. The monoisotopic (exact) mass is 487 g/mol. The average molecular weight is 487 g/mol. The Morgan fingerprint density at radius 1 is 1.06 bits per heavy atom. The van der Waals surface area contributed by atoms with Crippen LogP contribution in [0, 0.1) is 6.92 Å². The highest BCUT2D eigenvalue weighted by Crippen LogP contribution is 2.39. The van der Waals surface area contributed by atoms with E-state index in [1.807, 2.05) is 51.4 Å². The van der Waals surface area contributed by atoms with Gasteiger partial charge in [0.1, 0.15) is 0 Å². The molecule has 1 saturated carbocycles. The van der Waals surface area contributed by atoms with Gasteiger partial charge in [-0.05, 0) is 78.9 Å². The van der Waals surface area contributed by atoms with Crippen molar-refractivity contribution in [3.63, 3.8) is 0 Å². The van der Waals surface area contributed by atoms with Gasteiger partial charge in [-0.3, -0.25) is 0 Å². The summed E-state index contributed by atoms with van der Waals surface area (Å²) in [6.45, 7) is 10.6. The molecule has 1 aliphatic carbocycles. The van der Waals surface area contributed by atoms with Crippen LogP contribution in [-0.4, -0.2) is 48.4 Å². The van der Waals surface area contributed by atoms with Crippen LogP contribution in [0.4, 0.5) is 11.5 Å². The first-order chi connectivity index (χ1) is 16.0.